The van der Waals surface area contributed by atoms with Gasteiger partial charge in [-0.2, -0.15) is 0 Å². The van der Waals surface area contributed by atoms with Crippen molar-refractivity contribution in [3.05, 3.63) is 10.7 Å². The number of hydrogen-bond donors (Lipinski definition) is 2. The van der Waals surface area contributed by atoms with Crippen LogP contribution in [0.2, 0.25) is 5.02 Å². The van der Waals surface area contributed by atoms with Crippen molar-refractivity contribution in [2.45, 2.75) is 6.92 Å². The molecular formula is C4H5ClN2O. The lowest BCUT2D eigenvalue weighted by atomic mass is 10.5. The summed E-state index contributed by atoms with van der Waals surface area (Å²) in [6, 6.07) is 0. The van der Waals surface area contributed by atoms with Crippen molar-refractivity contribution in [1.29, 1.82) is 0 Å². The van der Waals surface area contributed by atoms with Gasteiger partial charge in [-0.1, -0.05) is 11.6 Å². The van der Waals surface area contributed by atoms with Crippen LogP contribution in [0.4, 0.5) is 0 Å². The Hall–Kier alpha value is -0.700. The fraction of sp³-hybridized carbons (Fsp3) is 0.250. The van der Waals surface area contributed by atoms with Crippen LogP contribution in [0.3, 0.4) is 0 Å². The molecule has 0 radical (unpaired) electrons. The predicted octanol–water partition coefficient (Wildman–Crippen LogP) is 1.08. The number of nitrogens with one attached hydrogen (secondary N) is 1. The summed E-state index contributed by atoms with van der Waals surface area (Å²) in [5.74, 6) is -0.135. The summed E-state index contributed by atoms with van der Waals surface area (Å²) in [5.41, 5.74) is 0.684. The Morgan fingerprint density at radius 3 is 2.50 bits per heavy atom. The molecule has 0 aromatic carbocycles. The van der Waals surface area contributed by atoms with Gasteiger partial charge in [0.15, 0.2) is 0 Å². The highest BCUT2D eigenvalue weighted by molar-refractivity contribution is 6.32. The SMILES string of the molecule is Cc1[nH]nc(O)c1Cl. The Bertz CT molecular complexity index is 176. The first-order valence-corrected chi connectivity index (χ1v) is 2.49. The third kappa shape index (κ3) is 0.648. The van der Waals surface area contributed by atoms with Gasteiger partial charge in [0.2, 0.25) is 5.88 Å². The zero-order chi connectivity index (χ0) is 6.15. The van der Waals surface area contributed by atoms with Gasteiger partial charge in [0, 0.05) is 0 Å². The van der Waals surface area contributed by atoms with Crippen molar-refractivity contribution in [3.63, 3.8) is 0 Å². The van der Waals surface area contributed by atoms with E-state index in [1.54, 1.807) is 6.92 Å². The van der Waals surface area contributed by atoms with Gasteiger partial charge in [-0.3, -0.25) is 5.10 Å². The van der Waals surface area contributed by atoms with E-state index in [1.807, 2.05) is 0 Å². The number of hydrogen-bond acceptors (Lipinski definition) is 2. The van der Waals surface area contributed by atoms with E-state index in [1.165, 1.54) is 0 Å². The molecule has 1 rings (SSSR count). The van der Waals surface area contributed by atoms with Gasteiger partial charge in [-0.25, -0.2) is 0 Å². The highest BCUT2D eigenvalue weighted by atomic mass is 35.5. The Morgan fingerprint density at radius 2 is 2.38 bits per heavy atom. The van der Waals surface area contributed by atoms with Gasteiger partial charge >= 0.3 is 0 Å². The Balaban J connectivity index is 3.19. The van der Waals surface area contributed by atoms with Crippen LogP contribution in [0.1, 0.15) is 5.69 Å². The second kappa shape index (κ2) is 1.67. The van der Waals surface area contributed by atoms with Crippen molar-refractivity contribution in [2.75, 3.05) is 0 Å². The van der Waals surface area contributed by atoms with Crippen LogP contribution in [0.5, 0.6) is 5.88 Å². The van der Waals surface area contributed by atoms with Gasteiger partial charge in [0.05, 0.1) is 5.69 Å². The fourth-order valence-corrected chi connectivity index (χ4v) is 0.487. The zero-order valence-corrected chi connectivity index (χ0v) is 5.03. The van der Waals surface area contributed by atoms with Crippen LogP contribution in [-0.2, 0) is 0 Å². The monoisotopic (exact) mass is 132 g/mol. The topological polar surface area (TPSA) is 48.9 Å². The average molecular weight is 133 g/mol. The minimum absolute atomic E-state index is 0.135. The molecule has 2 N–H and O–H groups in total. The quantitative estimate of drug-likeness (QED) is 0.555. The maximum atomic E-state index is 8.67. The number of rotatable bonds is 0. The molecular weight excluding hydrogens is 128 g/mol. The van der Waals surface area contributed by atoms with Crippen LogP contribution in [0.25, 0.3) is 0 Å². The van der Waals surface area contributed by atoms with Crippen LogP contribution in [-0.4, -0.2) is 15.3 Å². The van der Waals surface area contributed by atoms with Gasteiger partial charge in [-0.15, -0.1) is 5.10 Å². The Labute approximate surface area is 51.3 Å². The highest BCUT2D eigenvalue weighted by Gasteiger charge is 2.02. The third-order valence-corrected chi connectivity index (χ3v) is 1.31. The summed E-state index contributed by atoms with van der Waals surface area (Å²) in [6.45, 7) is 1.73. The molecule has 3 nitrogen and oxygen atoms in total. The summed E-state index contributed by atoms with van der Waals surface area (Å²) >= 11 is 5.45. The van der Waals surface area contributed by atoms with Crippen molar-refractivity contribution < 1.29 is 5.11 Å². The number of halogens is 1. The van der Waals surface area contributed by atoms with E-state index in [9.17, 15) is 0 Å². The molecule has 44 valence electrons. The number of H-pyrrole nitrogens is 1. The molecule has 1 aromatic heterocycles. The number of nitrogens with zero attached hydrogens (tertiary/aromatic N) is 1. The minimum atomic E-state index is -0.135. The van der Waals surface area contributed by atoms with Crippen LogP contribution >= 0.6 is 11.6 Å². The summed E-state index contributed by atoms with van der Waals surface area (Å²) in [4.78, 5) is 0. The smallest absolute Gasteiger partial charge is 0.249 e. The molecule has 0 aliphatic carbocycles. The molecule has 0 unspecified atom stereocenters. The van der Waals surface area contributed by atoms with Gasteiger partial charge in [0.25, 0.3) is 0 Å². The minimum Gasteiger partial charge on any atom is -0.491 e. The number of aromatic amines is 1. The maximum absolute atomic E-state index is 8.67. The molecule has 0 atom stereocenters. The molecule has 0 fully saturated rings. The van der Waals surface area contributed by atoms with E-state index in [0.717, 1.165) is 0 Å². The average Bonchev–Trinajstić information content (AvgIpc) is 1.98. The van der Waals surface area contributed by atoms with E-state index in [-0.39, 0.29) is 5.88 Å². The zero-order valence-electron chi connectivity index (χ0n) is 4.27. The van der Waals surface area contributed by atoms with Crippen molar-refractivity contribution in [3.8, 4) is 5.88 Å². The highest BCUT2D eigenvalue weighted by Crippen LogP contribution is 2.21. The van der Waals surface area contributed by atoms with Crippen molar-refractivity contribution in [2.24, 2.45) is 0 Å². The fourth-order valence-electron chi connectivity index (χ4n) is 0.403. The second-order valence-electron chi connectivity index (χ2n) is 1.49. The molecule has 4 heteroatoms. The number of aromatic hydroxyl groups is 1. The summed E-state index contributed by atoms with van der Waals surface area (Å²) in [6.07, 6.45) is 0. The maximum Gasteiger partial charge on any atom is 0.249 e. The molecule has 0 saturated carbocycles. The second-order valence-corrected chi connectivity index (χ2v) is 1.86. The third-order valence-electron chi connectivity index (χ3n) is 0.855. The first kappa shape index (κ1) is 5.44. The predicted molar refractivity (Wildman–Crippen MR) is 30.0 cm³/mol. The van der Waals surface area contributed by atoms with Gasteiger partial charge < -0.3 is 5.11 Å². The lowest BCUT2D eigenvalue weighted by Crippen LogP contribution is -1.67. The van der Waals surface area contributed by atoms with Crippen molar-refractivity contribution >= 4 is 11.6 Å². The first-order chi connectivity index (χ1) is 3.72. The standard InChI is InChI=1S/C4H5ClN2O/c1-2-3(5)4(8)7-6-2/h1H3,(H2,6,7,8). The van der Waals surface area contributed by atoms with E-state index >= 15 is 0 Å². The van der Waals surface area contributed by atoms with E-state index in [2.05, 4.69) is 10.2 Å². The van der Waals surface area contributed by atoms with Crippen molar-refractivity contribution in [1.82, 2.24) is 10.2 Å². The van der Waals surface area contributed by atoms with Crippen LogP contribution < -0.4 is 0 Å². The molecule has 0 amide bonds. The van der Waals surface area contributed by atoms with Crippen LogP contribution in [0.15, 0.2) is 0 Å². The van der Waals surface area contributed by atoms with Gasteiger partial charge in [0.1, 0.15) is 5.02 Å². The molecule has 0 aliphatic heterocycles. The molecule has 1 heterocycles. The van der Waals surface area contributed by atoms with E-state index in [0.29, 0.717) is 10.7 Å². The summed E-state index contributed by atoms with van der Waals surface area (Å²) in [7, 11) is 0. The summed E-state index contributed by atoms with van der Waals surface area (Å²) in [5, 5.41) is 14.9. The number of aryl methyl sites for hydroxylation is 1. The van der Waals surface area contributed by atoms with Crippen LogP contribution in [0, 0.1) is 6.92 Å². The first-order valence-electron chi connectivity index (χ1n) is 2.11. The van der Waals surface area contributed by atoms with E-state index in [4.69, 9.17) is 16.7 Å². The van der Waals surface area contributed by atoms with E-state index < -0.39 is 0 Å². The lowest BCUT2D eigenvalue weighted by molar-refractivity contribution is 0.452. The molecule has 0 bridgehead atoms. The molecule has 8 heavy (non-hydrogen) atoms. The number of aromatic nitrogens is 2. The normalized spacial score (nSPS) is 9.75. The molecule has 0 saturated heterocycles. The lowest BCUT2D eigenvalue weighted by Gasteiger charge is -1.79. The molecule has 0 aliphatic rings. The molecule has 1 aromatic rings. The Kier molecular flexibility index (Phi) is 1.13. The summed E-state index contributed by atoms with van der Waals surface area (Å²) < 4.78 is 0. The molecule has 0 spiro atoms. The Morgan fingerprint density at radius 1 is 1.75 bits per heavy atom. The largest absolute Gasteiger partial charge is 0.491 e. The van der Waals surface area contributed by atoms with Gasteiger partial charge in [-0.05, 0) is 6.92 Å².